The minimum absolute atomic E-state index is 0.350. The second kappa shape index (κ2) is 4.74. The fraction of sp³-hybridized carbons (Fsp3) is 0.286. The lowest BCUT2D eigenvalue weighted by Gasteiger charge is -2.10. The molecule has 4 heteroatoms. The number of hydrogen-bond acceptors (Lipinski definition) is 4. The molecule has 1 N–H and O–H groups in total. The first-order valence-corrected chi connectivity index (χ1v) is 6.03. The fourth-order valence-electron chi connectivity index (χ4n) is 2.28. The second-order valence-electron chi connectivity index (χ2n) is 4.33. The van der Waals surface area contributed by atoms with Crippen molar-refractivity contribution >= 4 is 0 Å². The average Bonchev–Trinajstić information content (AvgIpc) is 2.80. The van der Waals surface area contributed by atoms with Crippen LogP contribution in [0.15, 0.2) is 36.7 Å². The largest absolute Gasteiger partial charge is 0.485 e. The zero-order valence-electron chi connectivity index (χ0n) is 9.91. The van der Waals surface area contributed by atoms with Crippen molar-refractivity contribution in [3.05, 3.63) is 53.6 Å². The lowest BCUT2D eigenvalue weighted by molar-refractivity contribution is 0.180. The molecule has 0 aliphatic heterocycles. The van der Waals surface area contributed by atoms with Crippen molar-refractivity contribution in [1.29, 1.82) is 0 Å². The van der Waals surface area contributed by atoms with Crippen LogP contribution in [0.4, 0.5) is 0 Å². The zero-order valence-corrected chi connectivity index (χ0v) is 9.91. The van der Waals surface area contributed by atoms with Gasteiger partial charge in [0.25, 0.3) is 0 Å². The van der Waals surface area contributed by atoms with Crippen LogP contribution < -0.4 is 4.74 Å². The van der Waals surface area contributed by atoms with Crippen LogP contribution in [0.5, 0.6) is 5.75 Å². The third-order valence-corrected chi connectivity index (χ3v) is 3.17. The molecule has 0 bridgehead atoms. The predicted octanol–water partition coefficient (Wildman–Crippen LogP) is 2.04. The first-order chi connectivity index (χ1) is 8.84. The van der Waals surface area contributed by atoms with E-state index in [1.807, 2.05) is 18.2 Å². The number of fused-ring (bicyclic) bond motifs is 1. The van der Waals surface area contributed by atoms with Gasteiger partial charge in [-0.2, -0.15) is 0 Å². The van der Waals surface area contributed by atoms with Gasteiger partial charge in [0.05, 0.1) is 6.10 Å². The summed E-state index contributed by atoms with van der Waals surface area (Å²) in [4.78, 5) is 8.23. The molecular weight excluding hydrogens is 228 g/mol. The van der Waals surface area contributed by atoms with Gasteiger partial charge >= 0.3 is 0 Å². The summed E-state index contributed by atoms with van der Waals surface area (Å²) in [5.74, 6) is 1.49. The SMILES string of the molecule is OC1CCc2c(OCc3ncccn3)cccc21. The number of benzene rings is 1. The highest BCUT2D eigenvalue weighted by molar-refractivity contribution is 5.44. The van der Waals surface area contributed by atoms with Crippen LogP contribution in [-0.4, -0.2) is 15.1 Å². The van der Waals surface area contributed by atoms with Gasteiger partial charge in [-0.15, -0.1) is 0 Å². The maximum absolute atomic E-state index is 9.81. The summed E-state index contributed by atoms with van der Waals surface area (Å²) in [6.45, 7) is 0.355. The minimum Gasteiger partial charge on any atom is -0.485 e. The molecule has 1 aliphatic rings. The van der Waals surface area contributed by atoms with E-state index < -0.39 is 0 Å². The number of aliphatic hydroxyl groups is 1. The van der Waals surface area contributed by atoms with Crippen molar-refractivity contribution in [2.24, 2.45) is 0 Å². The maximum atomic E-state index is 9.81. The summed E-state index contributed by atoms with van der Waals surface area (Å²) in [5.41, 5.74) is 2.10. The van der Waals surface area contributed by atoms with E-state index in [2.05, 4.69) is 9.97 Å². The van der Waals surface area contributed by atoms with E-state index in [0.717, 1.165) is 29.7 Å². The lowest BCUT2D eigenvalue weighted by atomic mass is 10.1. The molecule has 1 atom stereocenters. The quantitative estimate of drug-likeness (QED) is 0.894. The Bertz CT molecular complexity index is 543. The Morgan fingerprint density at radius 2 is 2.06 bits per heavy atom. The van der Waals surface area contributed by atoms with E-state index in [4.69, 9.17) is 4.74 Å². The number of ether oxygens (including phenoxy) is 1. The van der Waals surface area contributed by atoms with Crippen LogP contribution in [0.2, 0.25) is 0 Å². The van der Waals surface area contributed by atoms with Crippen molar-refractivity contribution in [1.82, 2.24) is 9.97 Å². The molecule has 0 saturated heterocycles. The molecule has 4 nitrogen and oxygen atoms in total. The predicted molar refractivity (Wildman–Crippen MR) is 66.1 cm³/mol. The smallest absolute Gasteiger partial charge is 0.166 e. The van der Waals surface area contributed by atoms with E-state index in [0.29, 0.717) is 12.4 Å². The van der Waals surface area contributed by atoms with Crippen LogP contribution >= 0.6 is 0 Å². The molecule has 92 valence electrons. The van der Waals surface area contributed by atoms with Gasteiger partial charge in [-0.3, -0.25) is 0 Å². The highest BCUT2D eigenvalue weighted by atomic mass is 16.5. The molecular formula is C14H14N2O2. The highest BCUT2D eigenvalue weighted by Crippen LogP contribution is 2.36. The van der Waals surface area contributed by atoms with E-state index in [9.17, 15) is 5.11 Å². The molecule has 0 fully saturated rings. The molecule has 1 heterocycles. The van der Waals surface area contributed by atoms with Crippen LogP contribution in [0.25, 0.3) is 0 Å². The summed E-state index contributed by atoms with van der Waals surface area (Å²) in [7, 11) is 0. The van der Waals surface area contributed by atoms with Crippen molar-refractivity contribution in [3.8, 4) is 5.75 Å². The number of aliphatic hydroxyl groups excluding tert-OH is 1. The molecule has 18 heavy (non-hydrogen) atoms. The zero-order chi connectivity index (χ0) is 12.4. The van der Waals surface area contributed by atoms with Gasteiger partial charge < -0.3 is 9.84 Å². The molecule has 1 aromatic carbocycles. The Hall–Kier alpha value is -1.94. The molecule has 1 aliphatic carbocycles. The molecule has 3 rings (SSSR count). The second-order valence-corrected chi connectivity index (χ2v) is 4.33. The van der Waals surface area contributed by atoms with Crippen molar-refractivity contribution in [2.75, 3.05) is 0 Å². The van der Waals surface area contributed by atoms with Gasteiger partial charge in [0.2, 0.25) is 0 Å². The third-order valence-electron chi connectivity index (χ3n) is 3.17. The first-order valence-electron chi connectivity index (χ1n) is 6.03. The van der Waals surface area contributed by atoms with Crippen molar-refractivity contribution in [3.63, 3.8) is 0 Å². The summed E-state index contributed by atoms with van der Waals surface area (Å²) < 4.78 is 5.75. The van der Waals surface area contributed by atoms with Crippen molar-refractivity contribution < 1.29 is 9.84 Å². The first kappa shape index (κ1) is 11.2. The van der Waals surface area contributed by atoms with E-state index >= 15 is 0 Å². The van der Waals surface area contributed by atoms with Gasteiger partial charge in [-0.1, -0.05) is 12.1 Å². The monoisotopic (exact) mass is 242 g/mol. The maximum Gasteiger partial charge on any atom is 0.166 e. The van der Waals surface area contributed by atoms with Gasteiger partial charge in [-0.05, 0) is 30.5 Å². The molecule has 1 aromatic heterocycles. The van der Waals surface area contributed by atoms with Crippen LogP contribution in [0.3, 0.4) is 0 Å². The van der Waals surface area contributed by atoms with Gasteiger partial charge in [0, 0.05) is 18.0 Å². The minimum atomic E-state index is -0.350. The highest BCUT2D eigenvalue weighted by Gasteiger charge is 2.23. The topological polar surface area (TPSA) is 55.2 Å². The van der Waals surface area contributed by atoms with Gasteiger partial charge in [0.1, 0.15) is 12.4 Å². The molecule has 1 unspecified atom stereocenters. The fourth-order valence-corrected chi connectivity index (χ4v) is 2.28. The van der Waals surface area contributed by atoms with Crippen LogP contribution in [0, 0.1) is 0 Å². The molecule has 0 spiro atoms. The number of nitrogens with zero attached hydrogens (tertiary/aromatic N) is 2. The number of aromatic nitrogens is 2. The molecule has 0 radical (unpaired) electrons. The Morgan fingerprint density at radius 1 is 1.22 bits per heavy atom. The average molecular weight is 242 g/mol. The Kier molecular flexibility index (Phi) is 2.94. The summed E-state index contributed by atoms with van der Waals surface area (Å²) in [6, 6.07) is 7.58. The summed E-state index contributed by atoms with van der Waals surface area (Å²) >= 11 is 0. The molecule has 2 aromatic rings. The van der Waals surface area contributed by atoms with Crippen molar-refractivity contribution in [2.45, 2.75) is 25.6 Å². The lowest BCUT2D eigenvalue weighted by Crippen LogP contribution is -2.02. The number of hydrogen-bond donors (Lipinski definition) is 1. The van der Waals surface area contributed by atoms with Crippen LogP contribution in [-0.2, 0) is 13.0 Å². The van der Waals surface area contributed by atoms with Crippen LogP contribution in [0.1, 0.15) is 29.5 Å². The molecule has 0 saturated carbocycles. The Balaban J connectivity index is 1.78. The van der Waals surface area contributed by atoms with E-state index in [1.165, 1.54) is 0 Å². The van der Waals surface area contributed by atoms with Gasteiger partial charge in [0.15, 0.2) is 5.82 Å². The van der Waals surface area contributed by atoms with E-state index in [1.54, 1.807) is 18.5 Å². The standard InChI is InChI=1S/C14H14N2O2/c17-12-6-5-11-10(12)3-1-4-13(11)18-9-14-15-7-2-8-16-14/h1-4,7-8,12,17H,5-6,9H2. The summed E-state index contributed by atoms with van der Waals surface area (Å²) in [5, 5.41) is 9.81. The van der Waals surface area contributed by atoms with E-state index in [-0.39, 0.29) is 6.10 Å². The Morgan fingerprint density at radius 3 is 2.89 bits per heavy atom. The summed E-state index contributed by atoms with van der Waals surface area (Å²) in [6.07, 6.45) is 4.69. The third kappa shape index (κ3) is 2.07. The molecule has 0 amide bonds. The number of rotatable bonds is 3. The normalized spacial score (nSPS) is 17.5. The Labute approximate surface area is 105 Å². The van der Waals surface area contributed by atoms with Gasteiger partial charge in [-0.25, -0.2) is 9.97 Å².